The van der Waals surface area contributed by atoms with E-state index < -0.39 is 0 Å². The summed E-state index contributed by atoms with van der Waals surface area (Å²) in [5.41, 5.74) is 1.56. The van der Waals surface area contributed by atoms with Gasteiger partial charge in [0.1, 0.15) is 0 Å². The molecule has 0 atom stereocenters. The Morgan fingerprint density at radius 2 is 2.06 bits per heavy atom. The smallest absolute Gasteiger partial charge is 0.224 e. The zero-order chi connectivity index (χ0) is 13.2. The van der Waals surface area contributed by atoms with Gasteiger partial charge in [-0.05, 0) is 42.5 Å². The zero-order valence-electron chi connectivity index (χ0n) is 10.6. The first-order chi connectivity index (χ1) is 8.76. The fourth-order valence-electron chi connectivity index (χ4n) is 1.54. The van der Waals surface area contributed by atoms with Crippen molar-refractivity contribution < 1.29 is 4.79 Å². The van der Waals surface area contributed by atoms with Gasteiger partial charge in [0, 0.05) is 6.54 Å². The molecule has 0 aliphatic rings. The zero-order valence-corrected chi connectivity index (χ0v) is 11.4. The second-order valence-corrected chi connectivity index (χ2v) is 5.02. The minimum atomic E-state index is 0.0452. The molecule has 0 radical (unpaired) electrons. The predicted molar refractivity (Wildman–Crippen MR) is 75.5 cm³/mol. The van der Waals surface area contributed by atoms with E-state index in [0.29, 0.717) is 12.0 Å². The largest absolute Gasteiger partial charge is 0.356 e. The SMILES string of the molecule is CSCCCCNC(=O)Cc1ccc(C#N)cc1. The van der Waals surface area contributed by atoms with Crippen LogP contribution in [0.5, 0.6) is 0 Å². The molecule has 1 rings (SSSR count). The maximum atomic E-state index is 11.6. The van der Waals surface area contributed by atoms with Gasteiger partial charge in [0.15, 0.2) is 0 Å². The van der Waals surface area contributed by atoms with Crippen molar-refractivity contribution in [2.24, 2.45) is 0 Å². The van der Waals surface area contributed by atoms with Gasteiger partial charge in [-0.15, -0.1) is 0 Å². The third kappa shape index (κ3) is 5.74. The van der Waals surface area contributed by atoms with Gasteiger partial charge >= 0.3 is 0 Å². The summed E-state index contributed by atoms with van der Waals surface area (Å²) in [6.07, 6.45) is 4.63. The van der Waals surface area contributed by atoms with E-state index in [1.54, 1.807) is 12.1 Å². The lowest BCUT2D eigenvalue weighted by molar-refractivity contribution is -0.120. The van der Waals surface area contributed by atoms with Crippen LogP contribution in [0, 0.1) is 11.3 Å². The number of carbonyl (C=O) groups excluding carboxylic acids is 1. The Morgan fingerprint density at radius 3 is 2.67 bits per heavy atom. The summed E-state index contributed by atoms with van der Waals surface area (Å²) in [5.74, 6) is 1.19. The van der Waals surface area contributed by atoms with Crippen molar-refractivity contribution in [2.75, 3.05) is 18.6 Å². The lowest BCUT2D eigenvalue weighted by Gasteiger charge is -2.05. The minimum absolute atomic E-state index is 0.0452. The third-order valence-corrected chi connectivity index (χ3v) is 3.24. The molecule has 0 saturated carbocycles. The Bertz CT molecular complexity index is 409. The van der Waals surface area contributed by atoms with E-state index in [2.05, 4.69) is 17.6 Å². The highest BCUT2D eigenvalue weighted by Crippen LogP contribution is 2.04. The van der Waals surface area contributed by atoms with E-state index in [1.807, 2.05) is 23.9 Å². The van der Waals surface area contributed by atoms with Gasteiger partial charge in [-0.25, -0.2) is 0 Å². The van der Waals surface area contributed by atoms with Crippen molar-refractivity contribution in [3.63, 3.8) is 0 Å². The lowest BCUT2D eigenvalue weighted by Crippen LogP contribution is -2.26. The van der Waals surface area contributed by atoms with Crippen LogP contribution in [0.25, 0.3) is 0 Å². The van der Waals surface area contributed by atoms with Crippen LogP contribution in [-0.2, 0) is 11.2 Å². The van der Waals surface area contributed by atoms with E-state index in [4.69, 9.17) is 5.26 Å². The average molecular weight is 262 g/mol. The molecule has 0 unspecified atom stereocenters. The molecule has 1 aromatic rings. The van der Waals surface area contributed by atoms with Crippen LogP contribution in [0.3, 0.4) is 0 Å². The molecule has 0 heterocycles. The number of nitrogens with one attached hydrogen (secondary N) is 1. The van der Waals surface area contributed by atoms with Gasteiger partial charge < -0.3 is 5.32 Å². The van der Waals surface area contributed by atoms with Crippen molar-refractivity contribution in [1.82, 2.24) is 5.32 Å². The fourth-order valence-corrected chi connectivity index (χ4v) is 2.04. The highest BCUT2D eigenvalue weighted by atomic mass is 32.2. The number of nitriles is 1. The third-order valence-electron chi connectivity index (χ3n) is 2.55. The molecule has 0 bridgehead atoms. The van der Waals surface area contributed by atoms with Crippen LogP contribution >= 0.6 is 11.8 Å². The number of benzene rings is 1. The summed E-state index contributed by atoms with van der Waals surface area (Å²) in [5, 5.41) is 11.6. The van der Waals surface area contributed by atoms with Crippen LogP contribution in [-0.4, -0.2) is 24.5 Å². The van der Waals surface area contributed by atoms with Crippen LogP contribution in [0.15, 0.2) is 24.3 Å². The van der Waals surface area contributed by atoms with Crippen molar-refractivity contribution in [2.45, 2.75) is 19.3 Å². The molecule has 0 aliphatic heterocycles. The molecule has 0 fully saturated rings. The number of rotatable bonds is 7. The highest BCUT2D eigenvalue weighted by molar-refractivity contribution is 7.98. The number of hydrogen-bond acceptors (Lipinski definition) is 3. The number of carbonyl (C=O) groups is 1. The van der Waals surface area contributed by atoms with Gasteiger partial charge in [0.25, 0.3) is 0 Å². The van der Waals surface area contributed by atoms with Crippen LogP contribution in [0.2, 0.25) is 0 Å². The van der Waals surface area contributed by atoms with Gasteiger partial charge in [-0.1, -0.05) is 12.1 Å². The number of nitrogens with zero attached hydrogens (tertiary/aromatic N) is 1. The van der Waals surface area contributed by atoms with Crippen LogP contribution in [0.4, 0.5) is 0 Å². The van der Waals surface area contributed by atoms with Crippen molar-refractivity contribution >= 4 is 17.7 Å². The molecule has 1 amide bonds. The maximum Gasteiger partial charge on any atom is 0.224 e. The number of thioether (sulfide) groups is 1. The molecule has 0 spiro atoms. The fraction of sp³-hybridized carbons (Fsp3) is 0.429. The maximum absolute atomic E-state index is 11.6. The summed E-state index contributed by atoms with van der Waals surface area (Å²) in [6, 6.07) is 9.18. The molecule has 96 valence electrons. The van der Waals surface area contributed by atoms with E-state index in [-0.39, 0.29) is 5.91 Å². The number of unbranched alkanes of at least 4 members (excludes halogenated alkanes) is 1. The van der Waals surface area contributed by atoms with Gasteiger partial charge in [-0.2, -0.15) is 17.0 Å². The first-order valence-electron chi connectivity index (χ1n) is 6.01. The summed E-state index contributed by atoms with van der Waals surface area (Å²) in [7, 11) is 0. The Kier molecular flexibility index (Phi) is 6.97. The van der Waals surface area contributed by atoms with Gasteiger partial charge in [0.05, 0.1) is 18.1 Å². The Balaban J connectivity index is 2.25. The molecule has 18 heavy (non-hydrogen) atoms. The molecular formula is C14H18N2OS. The average Bonchev–Trinajstić information content (AvgIpc) is 2.39. The normalized spacial score (nSPS) is 9.78. The van der Waals surface area contributed by atoms with E-state index in [1.165, 1.54) is 0 Å². The van der Waals surface area contributed by atoms with Crippen LogP contribution in [0.1, 0.15) is 24.0 Å². The van der Waals surface area contributed by atoms with Gasteiger partial charge in [-0.3, -0.25) is 4.79 Å². The quantitative estimate of drug-likeness (QED) is 0.767. The van der Waals surface area contributed by atoms with Crippen molar-refractivity contribution in [3.8, 4) is 6.07 Å². The summed E-state index contributed by atoms with van der Waals surface area (Å²) in [6.45, 7) is 0.746. The standard InChI is InChI=1S/C14H18N2OS/c1-18-9-3-2-8-16-14(17)10-12-4-6-13(11-15)7-5-12/h4-7H,2-3,8-10H2,1H3,(H,16,17). The summed E-state index contributed by atoms with van der Waals surface area (Å²) in [4.78, 5) is 11.6. The highest BCUT2D eigenvalue weighted by Gasteiger charge is 2.02. The number of hydrogen-bond donors (Lipinski definition) is 1. The summed E-state index contributed by atoms with van der Waals surface area (Å²) < 4.78 is 0. The van der Waals surface area contributed by atoms with Crippen molar-refractivity contribution in [1.29, 1.82) is 5.26 Å². The number of amides is 1. The Labute approximate surface area is 113 Å². The minimum Gasteiger partial charge on any atom is -0.356 e. The van der Waals surface area contributed by atoms with E-state index in [0.717, 1.165) is 30.7 Å². The molecule has 0 aromatic heterocycles. The molecule has 0 aliphatic carbocycles. The monoisotopic (exact) mass is 262 g/mol. The summed E-state index contributed by atoms with van der Waals surface area (Å²) >= 11 is 1.83. The first kappa shape index (κ1) is 14.6. The first-order valence-corrected chi connectivity index (χ1v) is 7.40. The molecule has 1 aromatic carbocycles. The lowest BCUT2D eigenvalue weighted by atomic mass is 10.1. The van der Waals surface area contributed by atoms with Crippen molar-refractivity contribution in [3.05, 3.63) is 35.4 Å². The molecule has 1 N–H and O–H groups in total. The molecule has 3 nitrogen and oxygen atoms in total. The molecular weight excluding hydrogens is 244 g/mol. The Hall–Kier alpha value is -1.47. The second-order valence-electron chi connectivity index (χ2n) is 4.04. The molecule has 4 heteroatoms. The van der Waals surface area contributed by atoms with Gasteiger partial charge in [0.2, 0.25) is 5.91 Å². The predicted octanol–water partition coefficient (Wildman–Crippen LogP) is 2.36. The van der Waals surface area contributed by atoms with Crippen LogP contribution < -0.4 is 5.32 Å². The van der Waals surface area contributed by atoms with E-state index >= 15 is 0 Å². The van der Waals surface area contributed by atoms with E-state index in [9.17, 15) is 4.79 Å². The Morgan fingerprint density at radius 1 is 1.33 bits per heavy atom. The second kappa shape index (κ2) is 8.60. The molecule has 0 saturated heterocycles. The topological polar surface area (TPSA) is 52.9 Å².